The highest BCUT2D eigenvalue weighted by Gasteiger charge is 2.36. The summed E-state index contributed by atoms with van der Waals surface area (Å²) in [7, 11) is -2.70. The van der Waals surface area contributed by atoms with Gasteiger partial charge in [0.05, 0.1) is 41.7 Å². The lowest BCUT2D eigenvalue weighted by Crippen LogP contribution is -2.53. The first-order valence-electron chi connectivity index (χ1n) is 14.3. The molecule has 2 aromatic carbocycles. The Hall–Kier alpha value is -3.35. The molecule has 1 N–H and O–H groups in total. The molecule has 2 aromatic rings. The molecular weight excluding hydrogens is 562 g/mol. The summed E-state index contributed by atoms with van der Waals surface area (Å²) in [5.74, 6) is -0.0852. The standard InChI is InChI=1S/C30H39N3O8S/c1-20(2)28-19-41-17-16-32(28)30(35)23-9-11-24(12-10-23)31-42(38,39)25-13-14-26(27(18-25)33(36)37)22-7-4-21(5-8-22)6-15-29(34)40-3/h4-5,7-8,13-14,18,20,23-24,28,31H,6,9-12,15-17,19H2,1-3H3/t23-,24-,28-/m1/s1. The number of aryl methyl sites for hydroxylation is 1. The van der Waals surface area contributed by atoms with Gasteiger partial charge in [-0.3, -0.25) is 19.7 Å². The number of nitro groups is 1. The van der Waals surface area contributed by atoms with Crippen LogP contribution in [-0.2, 0) is 35.5 Å². The first kappa shape index (κ1) is 31.6. The largest absolute Gasteiger partial charge is 0.469 e. The second-order valence-electron chi connectivity index (χ2n) is 11.3. The van der Waals surface area contributed by atoms with Gasteiger partial charge in [-0.1, -0.05) is 38.1 Å². The quantitative estimate of drug-likeness (QED) is 0.244. The van der Waals surface area contributed by atoms with E-state index in [0.29, 0.717) is 63.0 Å². The van der Waals surface area contributed by atoms with Crippen LogP contribution in [0.2, 0.25) is 0 Å². The molecule has 0 bridgehead atoms. The van der Waals surface area contributed by atoms with Gasteiger partial charge in [-0.25, -0.2) is 13.1 Å². The van der Waals surface area contributed by atoms with Crippen molar-refractivity contribution in [2.45, 2.75) is 69.4 Å². The van der Waals surface area contributed by atoms with Crippen molar-refractivity contribution in [3.8, 4) is 11.1 Å². The van der Waals surface area contributed by atoms with Gasteiger partial charge in [-0.05, 0) is 61.3 Å². The molecule has 2 aliphatic rings. The number of nitro benzene ring substituents is 1. The summed E-state index contributed by atoms with van der Waals surface area (Å²) in [6, 6.07) is 10.6. The van der Waals surface area contributed by atoms with Crippen LogP contribution in [0.3, 0.4) is 0 Å². The van der Waals surface area contributed by atoms with E-state index in [-0.39, 0.29) is 52.8 Å². The minimum absolute atomic E-state index is 0.0470. The molecule has 11 nitrogen and oxygen atoms in total. The summed E-state index contributed by atoms with van der Waals surface area (Å²) in [6.45, 7) is 5.78. The average Bonchev–Trinajstić information content (AvgIpc) is 2.99. The number of hydrogen-bond donors (Lipinski definition) is 1. The van der Waals surface area contributed by atoms with Gasteiger partial charge in [-0.15, -0.1) is 0 Å². The highest BCUT2D eigenvalue weighted by molar-refractivity contribution is 7.89. The smallest absolute Gasteiger partial charge is 0.305 e. The molecule has 1 heterocycles. The Morgan fingerprint density at radius 2 is 1.81 bits per heavy atom. The zero-order chi connectivity index (χ0) is 30.4. The first-order chi connectivity index (χ1) is 20.0. The number of morpholine rings is 1. The Bertz CT molecular complexity index is 1390. The van der Waals surface area contributed by atoms with Gasteiger partial charge in [0.15, 0.2) is 0 Å². The lowest BCUT2D eigenvalue weighted by atomic mass is 9.85. The molecule has 228 valence electrons. The van der Waals surface area contributed by atoms with E-state index >= 15 is 0 Å². The third-order valence-corrected chi connectivity index (χ3v) is 9.72. The minimum atomic E-state index is -4.03. The van der Waals surface area contributed by atoms with Crippen LogP contribution < -0.4 is 4.72 Å². The van der Waals surface area contributed by atoms with E-state index < -0.39 is 14.9 Å². The highest BCUT2D eigenvalue weighted by Crippen LogP contribution is 2.34. The fraction of sp³-hybridized carbons (Fsp3) is 0.533. The van der Waals surface area contributed by atoms with Crippen LogP contribution in [0.5, 0.6) is 0 Å². The van der Waals surface area contributed by atoms with E-state index in [1.54, 1.807) is 24.3 Å². The molecule has 0 aromatic heterocycles. The van der Waals surface area contributed by atoms with Crippen molar-refractivity contribution in [1.82, 2.24) is 9.62 Å². The molecule has 1 amide bonds. The number of carbonyl (C=O) groups excluding carboxylic acids is 2. The zero-order valence-corrected chi connectivity index (χ0v) is 25.1. The lowest BCUT2D eigenvalue weighted by Gasteiger charge is -2.41. The summed E-state index contributed by atoms with van der Waals surface area (Å²) >= 11 is 0. The Morgan fingerprint density at radius 3 is 2.43 bits per heavy atom. The number of sulfonamides is 1. The number of methoxy groups -OCH3 is 1. The van der Waals surface area contributed by atoms with Crippen LogP contribution >= 0.6 is 0 Å². The fourth-order valence-corrected chi connectivity index (χ4v) is 7.03. The monoisotopic (exact) mass is 601 g/mol. The van der Waals surface area contributed by atoms with E-state index in [2.05, 4.69) is 23.3 Å². The van der Waals surface area contributed by atoms with Crippen molar-refractivity contribution in [3.63, 3.8) is 0 Å². The predicted octanol–water partition coefficient (Wildman–Crippen LogP) is 4.09. The maximum atomic E-state index is 13.3. The predicted molar refractivity (Wildman–Crippen MR) is 156 cm³/mol. The van der Waals surface area contributed by atoms with Crippen molar-refractivity contribution in [1.29, 1.82) is 0 Å². The molecule has 1 atom stereocenters. The summed E-state index contributed by atoms with van der Waals surface area (Å²) in [5, 5.41) is 11.9. The Kier molecular flexibility index (Phi) is 10.3. The van der Waals surface area contributed by atoms with Gasteiger partial charge < -0.3 is 14.4 Å². The number of nitrogens with one attached hydrogen (secondary N) is 1. The number of hydrogen-bond acceptors (Lipinski definition) is 8. The van der Waals surface area contributed by atoms with Crippen LogP contribution in [0.1, 0.15) is 51.5 Å². The van der Waals surface area contributed by atoms with Crippen molar-refractivity contribution < 1.29 is 32.4 Å². The summed E-state index contributed by atoms with van der Waals surface area (Å²) in [6.07, 6.45) is 2.86. The second kappa shape index (κ2) is 13.7. The Labute approximate surface area is 246 Å². The third-order valence-electron chi connectivity index (χ3n) is 8.20. The topological polar surface area (TPSA) is 145 Å². The number of rotatable bonds is 10. The van der Waals surface area contributed by atoms with Crippen molar-refractivity contribution in [2.75, 3.05) is 26.9 Å². The lowest BCUT2D eigenvalue weighted by molar-refractivity contribution is -0.384. The summed E-state index contributed by atoms with van der Waals surface area (Å²) in [4.78, 5) is 37.8. The minimum Gasteiger partial charge on any atom is -0.469 e. The maximum absolute atomic E-state index is 13.3. The van der Waals surface area contributed by atoms with Crippen molar-refractivity contribution >= 4 is 27.6 Å². The van der Waals surface area contributed by atoms with Gasteiger partial charge >= 0.3 is 5.97 Å². The number of amides is 1. The van der Waals surface area contributed by atoms with Gasteiger partial charge in [0.2, 0.25) is 15.9 Å². The SMILES string of the molecule is COC(=O)CCc1ccc(-c2ccc(S(=O)(=O)N[C@H]3CC[C@H](C(=O)N4CCOC[C@@H]4C(C)C)CC3)cc2[N+](=O)[O-])cc1. The van der Waals surface area contributed by atoms with Gasteiger partial charge in [0.1, 0.15) is 0 Å². The highest BCUT2D eigenvalue weighted by atomic mass is 32.2. The first-order valence-corrected chi connectivity index (χ1v) is 15.8. The van der Waals surface area contributed by atoms with E-state index in [9.17, 15) is 28.1 Å². The average molecular weight is 602 g/mol. The van der Waals surface area contributed by atoms with Gasteiger partial charge in [0, 0.05) is 31.0 Å². The molecule has 0 spiro atoms. The normalized spacial score (nSPS) is 21.2. The molecule has 1 aliphatic carbocycles. The number of benzene rings is 2. The van der Waals surface area contributed by atoms with Crippen LogP contribution in [0, 0.1) is 22.0 Å². The number of carbonyl (C=O) groups is 2. The van der Waals surface area contributed by atoms with Crippen LogP contribution in [-0.4, -0.2) is 69.1 Å². The molecule has 1 saturated carbocycles. The maximum Gasteiger partial charge on any atom is 0.305 e. The molecule has 0 radical (unpaired) electrons. The molecule has 0 unspecified atom stereocenters. The second-order valence-corrected chi connectivity index (χ2v) is 13.0. The van der Waals surface area contributed by atoms with E-state index in [4.69, 9.17) is 4.74 Å². The van der Waals surface area contributed by atoms with E-state index in [1.807, 2.05) is 4.90 Å². The summed E-state index contributed by atoms with van der Waals surface area (Å²) < 4.78 is 39.4. The zero-order valence-electron chi connectivity index (χ0n) is 24.3. The van der Waals surface area contributed by atoms with Crippen LogP contribution in [0.4, 0.5) is 5.69 Å². The molecule has 42 heavy (non-hydrogen) atoms. The van der Waals surface area contributed by atoms with Crippen LogP contribution in [0.25, 0.3) is 11.1 Å². The molecular formula is C30H39N3O8S. The molecule has 1 aliphatic heterocycles. The molecule has 1 saturated heterocycles. The molecule has 12 heteroatoms. The number of ether oxygens (including phenoxy) is 2. The van der Waals surface area contributed by atoms with Crippen LogP contribution in [0.15, 0.2) is 47.4 Å². The number of nitrogens with zero attached hydrogens (tertiary/aromatic N) is 2. The Balaban J connectivity index is 1.41. The molecule has 4 rings (SSSR count). The van der Waals surface area contributed by atoms with Gasteiger partial charge in [0.25, 0.3) is 5.69 Å². The number of esters is 1. The van der Waals surface area contributed by atoms with Crippen molar-refractivity contribution in [3.05, 3.63) is 58.1 Å². The third kappa shape index (κ3) is 7.53. The Morgan fingerprint density at radius 1 is 1.12 bits per heavy atom. The summed E-state index contributed by atoms with van der Waals surface area (Å²) in [5.41, 5.74) is 1.40. The van der Waals surface area contributed by atoms with Crippen molar-refractivity contribution in [2.24, 2.45) is 11.8 Å². The fourth-order valence-electron chi connectivity index (χ4n) is 5.70. The van der Waals surface area contributed by atoms with E-state index in [0.717, 1.165) is 11.6 Å². The molecule has 2 fully saturated rings. The van der Waals surface area contributed by atoms with Gasteiger partial charge in [-0.2, -0.15) is 0 Å². The van der Waals surface area contributed by atoms with E-state index in [1.165, 1.54) is 19.2 Å².